The van der Waals surface area contributed by atoms with Crippen LogP contribution in [0.2, 0.25) is 10.0 Å². The van der Waals surface area contributed by atoms with Gasteiger partial charge in [-0.05, 0) is 83.9 Å². The molecule has 10 heteroatoms. The summed E-state index contributed by atoms with van der Waals surface area (Å²) in [4.78, 5) is 40.8. The quantitative estimate of drug-likeness (QED) is 0.0956. The van der Waals surface area contributed by atoms with Crippen molar-refractivity contribution in [2.75, 3.05) is 17.7 Å². The minimum absolute atomic E-state index is 0.0387. The molecule has 0 bridgehead atoms. The number of hydrogen-bond acceptors (Lipinski definition) is 5. The van der Waals surface area contributed by atoms with Crippen LogP contribution in [0.3, 0.4) is 0 Å². The van der Waals surface area contributed by atoms with Crippen LogP contribution in [0.4, 0.5) is 11.4 Å². The van der Waals surface area contributed by atoms with E-state index in [9.17, 15) is 14.4 Å². The molecule has 0 aliphatic carbocycles. The molecule has 3 amide bonds. The molecule has 236 valence electrons. The van der Waals surface area contributed by atoms with Crippen LogP contribution < -0.4 is 20.7 Å². The van der Waals surface area contributed by atoms with Gasteiger partial charge in [0.2, 0.25) is 5.91 Å². The summed E-state index contributed by atoms with van der Waals surface area (Å²) in [6.45, 7) is 0. The molecule has 5 rings (SSSR count). The SMILES string of the molecule is COc1ccc(Cl)cc1NC(=O)C(Sc1ccc(NC(=O)/C(=C/c2cccc(Cl)c2)NC(=O)c2ccccc2)cc1)c1ccccc1. The van der Waals surface area contributed by atoms with Crippen molar-refractivity contribution in [3.63, 3.8) is 0 Å². The van der Waals surface area contributed by atoms with Gasteiger partial charge in [0, 0.05) is 26.2 Å². The molecule has 0 saturated carbocycles. The number of benzene rings is 5. The molecule has 0 radical (unpaired) electrons. The second-order valence-electron chi connectivity index (χ2n) is 10.2. The van der Waals surface area contributed by atoms with Gasteiger partial charge < -0.3 is 20.7 Å². The molecule has 0 aliphatic heterocycles. The van der Waals surface area contributed by atoms with Gasteiger partial charge in [0.15, 0.2) is 0 Å². The number of carbonyl (C=O) groups is 3. The highest BCUT2D eigenvalue weighted by Gasteiger charge is 2.24. The predicted octanol–water partition coefficient (Wildman–Crippen LogP) is 8.88. The van der Waals surface area contributed by atoms with E-state index in [0.717, 1.165) is 10.5 Å². The number of amides is 3. The average molecular weight is 683 g/mol. The summed E-state index contributed by atoms with van der Waals surface area (Å²) in [6.07, 6.45) is 1.56. The molecule has 0 fully saturated rings. The van der Waals surface area contributed by atoms with Crippen molar-refractivity contribution in [3.8, 4) is 5.75 Å². The second kappa shape index (κ2) is 16.0. The Morgan fingerprint density at radius 1 is 0.745 bits per heavy atom. The fourth-order valence-electron chi connectivity index (χ4n) is 4.53. The van der Waals surface area contributed by atoms with Gasteiger partial charge in [0.05, 0.1) is 12.8 Å². The molecule has 7 nitrogen and oxygen atoms in total. The molecule has 3 N–H and O–H groups in total. The number of carbonyl (C=O) groups excluding carboxylic acids is 3. The number of thioether (sulfide) groups is 1. The number of anilines is 2. The Morgan fingerprint density at radius 3 is 2.11 bits per heavy atom. The first-order valence-electron chi connectivity index (χ1n) is 14.4. The zero-order valence-corrected chi connectivity index (χ0v) is 27.4. The molecule has 1 unspecified atom stereocenters. The molecule has 0 aliphatic rings. The van der Waals surface area contributed by atoms with Crippen LogP contribution in [0.5, 0.6) is 5.75 Å². The number of hydrogen-bond donors (Lipinski definition) is 3. The monoisotopic (exact) mass is 681 g/mol. The summed E-state index contributed by atoms with van der Waals surface area (Å²) in [5.74, 6) is -0.722. The van der Waals surface area contributed by atoms with Crippen LogP contribution >= 0.6 is 35.0 Å². The molecule has 0 saturated heterocycles. The van der Waals surface area contributed by atoms with E-state index in [1.807, 2.05) is 42.5 Å². The molecular formula is C37H29Cl2N3O4S. The highest BCUT2D eigenvalue weighted by atomic mass is 35.5. The summed E-state index contributed by atoms with van der Waals surface area (Å²) < 4.78 is 5.40. The first-order chi connectivity index (χ1) is 22.8. The van der Waals surface area contributed by atoms with Crippen LogP contribution in [0, 0.1) is 0 Å². The standard InChI is InChI=1S/C37H29Cl2N3O4S/c1-46-33-20-15-28(39)23-31(33)41-37(45)34(25-10-4-2-5-11-25)47-30-18-16-29(17-19-30)40-36(44)32(22-24-9-8-14-27(38)21-24)42-35(43)26-12-6-3-7-13-26/h2-23,34H,1H3,(H,40,44)(H,41,45)(H,42,43)/b32-22-. The minimum Gasteiger partial charge on any atom is -0.495 e. The summed E-state index contributed by atoms with van der Waals surface area (Å²) in [7, 11) is 1.52. The second-order valence-corrected chi connectivity index (χ2v) is 12.2. The van der Waals surface area contributed by atoms with E-state index in [2.05, 4.69) is 16.0 Å². The summed E-state index contributed by atoms with van der Waals surface area (Å²) >= 11 is 13.7. The topological polar surface area (TPSA) is 96.5 Å². The van der Waals surface area contributed by atoms with Gasteiger partial charge >= 0.3 is 0 Å². The van der Waals surface area contributed by atoms with Gasteiger partial charge in [-0.15, -0.1) is 11.8 Å². The normalized spacial score (nSPS) is 11.7. The maximum Gasteiger partial charge on any atom is 0.272 e. The third kappa shape index (κ3) is 9.26. The number of rotatable bonds is 11. The van der Waals surface area contributed by atoms with Gasteiger partial charge in [-0.25, -0.2) is 0 Å². The smallest absolute Gasteiger partial charge is 0.272 e. The van der Waals surface area contributed by atoms with E-state index in [0.29, 0.717) is 38.3 Å². The molecule has 1 atom stereocenters. The fraction of sp³-hybridized carbons (Fsp3) is 0.0541. The van der Waals surface area contributed by atoms with Crippen molar-refractivity contribution in [1.29, 1.82) is 0 Å². The van der Waals surface area contributed by atoms with Gasteiger partial charge in [0.25, 0.3) is 11.8 Å². The van der Waals surface area contributed by atoms with Crippen LogP contribution in [0.1, 0.15) is 26.7 Å². The van der Waals surface area contributed by atoms with Crippen LogP contribution in [-0.2, 0) is 9.59 Å². The largest absolute Gasteiger partial charge is 0.495 e. The predicted molar refractivity (Wildman–Crippen MR) is 190 cm³/mol. The Morgan fingerprint density at radius 2 is 1.43 bits per heavy atom. The molecule has 0 spiro atoms. The molecule has 5 aromatic carbocycles. The Kier molecular flexibility index (Phi) is 11.4. The van der Waals surface area contributed by atoms with E-state index in [-0.39, 0.29) is 11.6 Å². The number of ether oxygens (including phenoxy) is 1. The van der Waals surface area contributed by atoms with Gasteiger partial charge in [-0.2, -0.15) is 0 Å². The van der Waals surface area contributed by atoms with Crippen molar-refractivity contribution in [2.24, 2.45) is 0 Å². The summed E-state index contributed by atoms with van der Waals surface area (Å²) in [5, 5.41) is 8.87. The molecule has 0 aromatic heterocycles. The molecule has 5 aromatic rings. The Labute approximate surface area is 287 Å². The molecule has 47 heavy (non-hydrogen) atoms. The van der Waals surface area contributed by atoms with Gasteiger partial charge in [-0.3, -0.25) is 14.4 Å². The minimum atomic E-state index is -0.610. The third-order valence-corrected chi connectivity index (χ3v) is 8.55. The van der Waals surface area contributed by atoms with E-state index in [1.165, 1.54) is 18.9 Å². The van der Waals surface area contributed by atoms with Crippen molar-refractivity contribution < 1.29 is 19.1 Å². The summed E-state index contributed by atoms with van der Waals surface area (Å²) in [5.41, 5.74) is 2.85. The molecule has 0 heterocycles. The van der Waals surface area contributed by atoms with Gasteiger partial charge in [0.1, 0.15) is 16.7 Å². The fourth-order valence-corrected chi connectivity index (χ4v) is 5.93. The lowest BCUT2D eigenvalue weighted by Gasteiger charge is -2.18. The highest BCUT2D eigenvalue weighted by molar-refractivity contribution is 8.00. The number of halogens is 2. The Balaban J connectivity index is 1.34. The van der Waals surface area contributed by atoms with Crippen molar-refractivity contribution >= 4 is 70.1 Å². The van der Waals surface area contributed by atoms with Crippen LogP contribution in [0.15, 0.2) is 138 Å². The number of nitrogens with one attached hydrogen (secondary N) is 3. The lowest BCUT2D eigenvalue weighted by molar-refractivity contribution is -0.116. The first-order valence-corrected chi connectivity index (χ1v) is 16.0. The first kappa shape index (κ1) is 33.3. The zero-order valence-electron chi connectivity index (χ0n) is 25.1. The number of methoxy groups -OCH3 is 1. The maximum absolute atomic E-state index is 13.6. The lowest BCUT2D eigenvalue weighted by atomic mass is 10.1. The zero-order chi connectivity index (χ0) is 33.2. The Bertz CT molecular complexity index is 1900. The van der Waals surface area contributed by atoms with E-state index in [1.54, 1.807) is 91.0 Å². The van der Waals surface area contributed by atoms with E-state index in [4.69, 9.17) is 27.9 Å². The van der Waals surface area contributed by atoms with Crippen molar-refractivity contribution in [2.45, 2.75) is 10.1 Å². The van der Waals surface area contributed by atoms with Crippen LogP contribution in [-0.4, -0.2) is 24.8 Å². The maximum atomic E-state index is 13.6. The summed E-state index contributed by atoms with van der Waals surface area (Å²) in [6, 6.07) is 37.1. The van der Waals surface area contributed by atoms with E-state index >= 15 is 0 Å². The van der Waals surface area contributed by atoms with E-state index < -0.39 is 17.1 Å². The average Bonchev–Trinajstić information content (AvgIpc) is 3.08. The lowest BCUT2D eigenvalue weighted by Crippen LogP contribution is -2.30. The van der Waals surface area contributed by atoms with Crippen molar-refractivity contribution in [1.82, 2.24) is 5.32 Å². The van der Waals surface area contributed by atoms with Crippen molar-refractivity contribution in [3.05, 3.63) is 160 Å². The molecular weight excluding hydrogens is 653 g/mol. The van der Waals surface area contributed by atoms with Gasteiger partial charge in [-0.1, -0.05) is 83.9 Å². The Hall–Kier alpha value is -5.02. The van der Waals surface area contributed by atoms with Crippen LogP contribution in [0.25, 0.3) is 6.08 Å². The third-order valence-electron chi connectivity index (χ3n) is 6.81. The highest BCUT2D eigenvalue weighted by Crippen LogP contribution is 2.38.